The second kappa shape index (κ2) is 6.91. The van der Waals surface area contributed by atoms with E-state index in [9.17, 15) is 21.6 Å². The predicted octanol–water partition coefficient (Wildman–Crippen LogP) is 0.982. The molecule has 0 aliphatic heterocycles. The second-order valence-corrected chi connectivity index (χ2v) is 5.78. The van der Waals surface area contributed by atoms with Crippen LogP contribution in [0.3, 0.4) is 0 Å². The minimum atomic E-state index is -4.69. The van der Waals surface area contributed by atoms with Crippen molar-refractivity contribution < 1.29 is 31.6 Å². The first-order chi connectivity index (χ1) is 9.16. The normalized spacial score (nSPS) is 12.4. The minimum Gasteiger partial charge on any atom is -0.545 e. The van der Waals surface area contributed by atoms with E-state index in [1.165, 1.54) is 24.3 Å². The Morgan fingerprint density at radius 2 is 1.85 bits per heavy atom. The largest absolute Gasteiger partial charge is 0.573 e. The monoisotopic (exact) mass is 312 g/mol. The van der Waals surface area contributed by atoms with Gasteiger partial charge in [-0.05, 0) is 24.3 Å². The number of benzene rings is 1. The summed E-state index contributed by atoms with van der Waals surface area (Å²) >= 11 is 0. The number of nitrogens with two attached hydrogens (primary N) is 1. The average Bonchev–Trinajstić information content (AvgIpc) is 2.27. The Morgan fingerprint density at radius 3 is 2.35 bits per heavy atom. The van der Waals surface area contributed by atoms with Crippen molar-refractivity contribution in [2.45, 2.75) is 12.9 Å². The van der Waals surface area contributed by atoms with Gasteiger partial charge in [0.1, 0.15) is 12.3 Å². The molecule has 0 atom stereocenters. The molecule has 114 valence electrons. The van der Waals surface area contributed by atoms with E-state index in [1.54, 1.807) is 0 Å². The molecule has 0 spiro atoms. The molecule has 0 bridgehead atoms. The van der Waals surface area contributed by atoms with Gasteiger partial charge in [0.15, 0.2) is 0 Å². The van der Waals surface area contributed by atoms with Crippen LogP contribution < -0.4 is 10.1 Å². The number of rotatable bonds is 7. The Kier molecular flexibility index (Phi) is 5.78. The lowest BCUT2D eigenvalue weighted by Gasteiger charge is -2.14. The molecule has 0 amide bonds. The first-order valence-electron chi connectivity index (χ1n) is 5.71. The molecular formula is C11H15F3N2O3S. The van der Waals surface area contributed by atoms with Crippen molar-refractivity contribution >= 4 is 10.0 Å². The van der Waals surface area contributed by atoms with Crippen molar-refractivity contribution in [1.29, 1.82) is 0 Å². The van der Waals surface area contributed by atoms with Crippen LogP contribution in [0.4, 0.5) is 13.2 Å². The molecule has 2 N–H and O–H groups in total. The fourth-order valence-electron chi connectivity index (χ4n) is 1.41. The topological polar surface area (TPSA) is 74.1 Å². The van der Waals surface area contributed by atoms with E-state index in [0.717, 1.165) is 11.8 Å². The summed E-state index contributed by atoms with van der Waals surface area (Å²) in [6.07, 6.45) is -3.67. The molecule has 20 heavy (non-hydrogen) atoms. The zero-order valence-corrected chi connectivity index (χ0v) is 11.5. The summed E-state index contributed by atoms with van der Waals surface area (Å²) in [5.74, 6) is -0.270. The van der Waals surface area contributed by atoms with Gasteiger partial charge in [0, 0.05) is 11.8 Å². The fraction of sp³-hybridized carbons (Fsp3) is 0.455. The highest BCUT2D eigenvalue weighted by Crippen LogP contribution is 2.22. The summed E-state index contributed by atoms with van der Waals surface area (Å²) in [5, 5.41) is 1.81. The highest BCUT2D eigenvalue weighted by Gasteiger charge is 2.30. The van der Waals surface area contributed by atoms with E-state index in [2.05, 4.69) is 9.46 Å². The number of ether oxygens (including phenoxy) is 1. The molecule has 0 aromatic heterocycles. The highest BCUT2D eigenvalue weighted by atomic mass is 32.2. The molecule has 1 aromatic rings. The van der Waals surface area contributed by atoms with Crippen LogP contribution in [0.15, 0.2) is 24.3 Å². The molecule has 1 rings (SSSR count). The number of quaternary nitrogens is 1. The Hall–Kier alpha value is -1.32. The summed E-state index contributed by atoms with van der Waals surface area (Å²) in [5.41, 5.74) is 0.805. The van der Waals surface area contributed by atoms with E-state index in [-0.39, 0.29) is 12.3 Å². The smallest absolute Gasteiger partial charge is 0.545 e. The van der Waals surface area contributed by atoms with E-state index in [0.29, 0.717) is 13.1 Å². The summed E-state index contributed by atoms with van der Waals surface area (Å²) in [6.45, 7) is 1.17. The van der Waals surface area contributed by atoms with Crippen molar-refractivity contribution in [3.05, 3.63) is 34.6 Å². The van der Waals surface area contributed by atoms with Crippen molar-refractivity contribution in [3.8, 4) is 5.75 Å². The third kappa shape index (κ3) is 7.97. The van der Waals surface area contributed by atoms with E-state index >= 15 is 0 Å². The van der Waals surface area contributed by atoms with E-state index in [4.69, 9.17) is 0 Å². The number of hydrogen-bond acceptors (Lipinski definition) is 3. The van der Waals surface area contributed by atoms with Gasteiger partial charge in [0.2, 0.25) is 0 Å². The summed E-state index contributed by atoms with van der Waals surface area (Å²) in [4.78, 5) is 0. The molecule has 0 aliphatic carbocycles. The van der Waals surface area contributed by atoms with Gasteiger partial charge in [-0.1, -0.05) is 6.54 Å². The Bertz CT molecular complexity index is 515. The standard InChI is InChI=1S/C11H14F3N2O3S/c1-20(17,18)16-7-6-15-8-9-2-4-10(5-3-9)19-11(12,13)14/h2-5,15H,6-8H2,1H3/q-1/p+1. The lowest BCUT2D eigenvalue weighted by molar-refractivity contribution is -0.667. The van der Waals surface area contributed by atoms with Gasteiger partial charge in [-0.3, -0.25) is 0 Å². The molecule has 9 heteroatoms. The molecule has 0 unspecified atom stereocenters. The number of nitrogens with zero attached hydrogens (tertiary/aromatic N) is 1. The van der Waals surface area contributed by atoms with Gasteiger partial charge in [-0.2, -0.15) is 0 Å². The van der Waals surface area contributed by atoms with Crippen molar-refractivity contribution in [3.63, 3.8) is 0 Å². The first kappa shape index (κ1) is 16.7. The molecule has 0 aliphatic rings. The SMILES string of the molecule is CS(=O)(=O)[N-]CC[NH2+]Cc1ccc(OC(F)(F)F)cc1. The third-order valence-electron chi connectivity index (χ3n) is 2.20. The molecule has 5 nitrogen and oxygen atoms in total. The van der Waals surface area contributed by atoms with Gasteiger partial charge in [0.25, 0.3) is 0 Å². The van der Waals surface area contributed by atoms with Crippen molar-refractivity contribution in [2.24, 2.45) is 0 Å². The fourth-order valence-corrected chi connectivity index (χ4v) is 1.84. The van der Waals surface area contributed by atoms with Crippen LogP contribution >= 0.6 is 0 Å². The maximum atomic E-state index is 11.9. The van der Waals surface area contributed by atoms with Crippen LogP contribution in [0.25, 0.3) is 4.72 Å². The Balaban J connectivity index is 2.32. The van der Waals surface area contributed by atoms with Crippen molar-refractivity contribution in [1.82, 2.24) is 0 Å². The molecule has 0 saturated heterocycles. The van der Waals surface area contributed by atoms with Crippen LogP contribution in [0.1, 0.15) is 5.56 Å². The zero-order valence-electron chi connectivity index (χ0n) is 10.7. The molecule has 0 radical (unpaired) electrons. The Labute approximate surface area is 115 Å². The molecule has 0 saturated carbocycles. The maximum absolute atomic E-state index is 11.9. The number of alkyl halides is 3. The van der Waals surface area contributed by atoms with E-state index in [1.807, 2.05) is 5.32 Å². The van der Waals surface area contributed by atoms with Gasteiger partial charge in [-0.15, -0.1) is 13.2 Å². The average molecular weight is 312 g/mol. The predicted molar refractivity (Wildman–Crippen MR) is 66.7 cm³/mol. The quantitative estimate of drug-likeness (QED) is 0.763. The first-order valence-corrected chi connectivity index (χ1v) is 7.56. The van der Waals surface area contributed by atoms with Crippen LogP contribution in [0.5, 0.6) is 5.75 Å². The lowest BCUT2D eigenvalue weighted by Crippen LogP contribution is -2.83. The van der Waals surface area contributed by atoms with Crippen LogP contribution in [0, 0.1) is 0 Å². The zero-order chi connectivity index (χ0) is 15.2. The second-order valence-electron chi connectivity index (χ2n) is 4.06. The molecule has 0 heterocycles. The maximum Gasteiger partial charge on any atom is 0.573 e. The molecular weight excluding hydrogens is 297 g/mol. The van der Waals surface area contributed by atoms with Gasteiger partial charge in [0.05, 0.1) is 16.6 Å². The van der Waals surface area contributed by atoms with Gasteiger partial charge < -0.3 is 14.8 Å². The van der Waals surface area contributed by atoms with Gasteiger partial charge in [-0.25, -0.2) is 8.42 Å². The summed E-state index contributed by atoms with van der Waals surface area (Å²) < 4.78 is 64.5. The Morgan fingerprint density at radius 1 is 1.25 bits per heavy atom. The molecule has 0 fully saturated rings. The van der Waals surface area contributed by atoms with Gasteiger partial charge >= 0.3 is 6.36 Å². The summed E-state index contributed by atoms with van der Waals surface area (Å²) in [7, 11) is -3.31. The molecule has 1 aromatic carbocycles. The highest BCUT2D eigenvalue weighted by molar-refractivity contribution is 7.93. The lowest BCUT2D eigenvalue weighted by atomic mass is 10.2. The van der Waals surface area contributed by atoms with Crippen molar-refractivity contribution in [2.75, 3.05) is 19.3 Å². The van der Waals surface area contributed by atoms with E-state index < -0.39 is 16.4 Å². The van der Waals surface area contributed by atoms with Crippen LogP contribution in [0.2, 0.25) is 0 Å². The van der Waals surface area contributed by atoms with Crippen LogP contribution in [-0.2, 0) is 16.6 Å². The summed E-state index contributed by atoms with van der Waals surface area (Å²) in [6, 6.07) is 5.51. The number of sulfonamides is 1. The third-order valence-corrected chi connectivity index (χ3v) is 2.85. The minimum absolute atomic E-state index is 0.175. The number of hydrogen-bond donors (Lipinski definition) is 1. The van der Waals surface area contributed by atoms with Crippen LogP contribution in [-0.4, -0.2) is 34.1 Å². The number of halogens is 3.